The molecule has 1 fully saturated rings. The standard InChI is InChI=1S/C19H16ClFN4O/c20-14-3-1-12(2-4-14)16-10-18(25-8-6-15(26)11-25)24-19(23-16)13-5-7-22-17(21)9-13/h1-5,7,9-10,15,26H,6,8,11H2/t15-/m0/s1. The summed E-state index contributed by atoms with van der Waals surface area (Å²) in [7, 11) is 0. The molecule has 3 aromatic rings. The molecule has 2 aromatic heterocycles. The Bertz CT molecular complexity index is 935. The summed E-state index contributed by atoms with van der Waals surface area (Å²) in [5.41, 5.74) is 2.14. The Morgan fingerprint density at radius 3 is 2.58 bits per heavy atom. The Morgan fingerprint density at radius 1 is 1.08 bits per heavy atom. The summed E-state index contributed by atoms with van der Waals surface area (Å²) >= 11 is 5.98. The molecule has 0 amide bonds. The van der Waals surface area contributed by atoms with Crippen LogP contribution >= 0.6 is 11.6 Å². The van der Waals surface area contributed by atoms with Crippen LogP contribution in [0.5, 0.6) is 0 Å². The minimum absolute atomic E-state index is 0.370. The lowest BCUT2D eigenvalue weighted by molar-refractivity contribution is 0.198. The first kappa shape index (κ1) is 16.9. The van der Waals surface area contributed by atoms with E-state index in [0.29, 0.717) is 47.4 Å². The van der Waals surface area contributed by atoms with Gasteiger partial charge in [0.25, 0.3) is 0 Å². The molecule has 26 heavy (non-hydrogen) atoms. The fraction of sp³-hybridized carbons (Fsp3) is 0.211. The molecule has 7 heteroatoms. The summed E-state index contributed by atoms with van der Waals surface area (Å²) in [5.74, 6) is 0.532. The zero-order valence-electron chi connectivity index (χ0n) is 13.8. The van der Waals surface area contributed by atoms with Crippen LogP contribution < -0.4 is 4.90 Å². The number of hydrogen-bond acceptors (Lipinski definition) is 5. The van der Waals surface area contributed by atoms with E-state index in [1.54, 1.807) is 18.2 Å². The summed E-state index contributed by atoms with van der Waals surface area (Å²) in [6.07, 6.45) is 1.72. The predicted molar refractivity (Wildman–Crippen MR) is 98.5 cm³/mol. The Kier molecular flexibility index (Phi) is 4.53. The van der Waals surface area contributed by atoms with Crippen LogP contribution in [0.2, 0.25) is 5.02 Å². The van der Waals surface area contributed by atoms with E-state index in [9.17, 15) is 9.50 Å². The van der Waals surface area contributed by atoms with Crippen LogP contribution in [0.4, 0.5) is 10.2 Å². The van der Waals surface area contributed by atoms with E-state index in [1.165, 1.54) is 12.3 Å². The second-order valence-electron chi connectivity index (χ2n) is 6.20. The lowest BCUT2D eigenvalue weighted by Crippen LogP contribution is -2.22. The van der Waals surface area contributed by atoms with Gasteiger partial charge in [0, 0.05) is 47.6 Å². The van der Waals surface area contributed by atoms with Crippen molar-refractivity contribution in [3.63, 3.8) is 0 Å². The smallest absolute Gasteiger partial charge is 0.213 e. The maximum Gasteiger partial charge on any atom is 0.213 e. The largest absolute Gasteiger partial charge is 0.391 e. The summed E-state index contributed by atoms with van der Waals surface area (Å²) in [4.78, 5) is 14.8. The van der Waals surface area contributed by atoms with Gasteiger partial charge >= 0.3 is 0 Å². The van der Waals surface area contributed by atoms with Gasteiger partial charge in [-0.15, -0.1) is 0 Å². The highest BCUT2D eigenvalue weighted by Crippen LogP contribution is 2.28. The van der Waals surface area contributed by atoms with Gasteiger partial charge in [-0.1, -0.05) is 23.7 Å². The van der Waals surface area contributed by atoms with Crippen LogP contribution in [0.3, 0.4) is 0 Å². The summed E-state index contributed by atoms with van der Waals surface area (Å²) in [6.45, 7) is 1.23. The van der Waals surface area contributed by atoms with Crippen LogP contribution in [0.15, 0.2) is 48.7 Å². The van der Waals surface area contributed by atoms with Gasteiger partial charge in [-0.25, -0.2) is 15.0 Å². The third-order valence-corrected chi connectivity index (χ3v) is 4.58. The third-order valence-electron chi connectivity index (χ3n) is 4.32. The SMILES string of the molecule is O[C@H]1CCN(c2cc(-c3ccc(Cl)cc3)nc(-c3ccnc(F)c3)n2)C1. The second kappa shape index (κ2) is 6.97. The maximum absolute atomic E-state index is 13.5. The van der Waals surface area contributed by atoms with Crippen LogP contribution in [-0.4, -0.2) is 39.3 Å². The molecule has 0 spiro atoms. The van der Waals surface area contributed by atoms with E-state index in [2.05, 4.69) is 15.0 Å². The first-order valence-corrected chi connectivity index (χ1v) is 8.66. The zero-order valence-corrected chi connectivity index (χ0v) is 14.6. The quantitative estimate of drug-likeness (QED) is 0.714. The molecule has 132 valence electrons. The van der Waals surface area contributed by atoms with Crippen LogP contribution in [0.1, 0.15) is 6.42 Å². The molecule has 1 N–H and O–H groups in total. The first-order chi connectivity index (χ1) is 12.6. The number of rotatable bonds is 3. The Labute approximate surface area is 155 Å². The number of β-amino-alcohol motifs (C(OH)–C–C–N with tert-alkyl or cyclic N) is 1. The van der Waals surface area contributed by atoms with Gasteiger partial charge in [-0.05, 0) is 24.6 Å². The van der Waals surface area contributed by atoms with E-state index in [4.69, 9.17) is 11.6 Å². The van der Waals surface area contributed by atoms with Gasteiger partial charge in [-0.3, -0.25) is 0 Å². The lowest BCUT2D eigenvalue weighted by atomic mass is 10.1. The number of benzene rings is 1. The molecule has 1 aliphatic heterocycles. The Balaban J connectivity index is 1.82. The van der Waals surface area contributed by atoms with Gasteiger partial charge in [0.15, 0.2) is 5.82 Å². The van der Waals surface area contributed by atoms with Crippen molar-refractivity contribution in [1.29, 1.82) is 0 Å². The number of aromatic nitrogens is 3. The van der Waals surface area contributed by atoms with E-state index in [1.807, 2.05) is 23.1 Å². The molecule has 0 unspecified atom stereocenters. The molecular formula is C19H16ClFN4O. The minimum Gasteiger partial charge on any atom is -0.391 e. The first-order valence-electron chi connectivity index (χ1n) is 8.28. The van der Waals surface area contributed by atoms with E-state index in [0.717, 1.165) is 5.56 Å². The Hall–Kier alpha value is -2.57. The average Bonchev–Trinajstić information content (AvgIpc) is 3.08. The van der Waals surface area contributed by atoms with E-state index in [-0.39, 0.29) is 6.10 Å². The van der Waals surface area contributed by atoms with Crippen molar-refractivity contribution in [2.75, 3.05) is 18.0 Å². The van der Waals surface area contributed by atoms with Gasteiger partial charge in [-0.2, -0.15) is 4.39 Å². The highest BCUT2D eigenvalue weighted by atomic mass is 35.5. The maximum atomic E-state index is 13.5. The molecule has 5 nitrogen and oxygen atoms in total. The van der Waals surface area contributed by atoms with Crippen molar-refractivity contribution in [2.24, 2.45) is 0 Å². The van der Waals surface area contributed by atoms with Crippen LogP contribution in [0.25, 0.3) is 22.6 Å². The van der Waals surface area contributed by atoms with Crippen molar-refractivity contribution < 1.29 is 9.50 Å². The zero-order chi connectivity index (χ0) is 18.1. The summed E-state index contributed by atoms with van der Waals surface area (Å²) < 4.78 is 13.5. The number of hydrogen-bond donors (Lipinski definition) is 1. The molecule has 1 aliphatic rings. The van der Waals surface area contributed by atoms with Crippen LogP contribution in [0, 0.1) is 5.95 Å². The topological polar surface area (TPSA) is 62.1 Å². The molecule has 0 saturated carbocycles. The number of aliphatic hydroxyl groups excluding tert-OH is 1. The third kappa shape index (κ3) is 3.52. The number of aliphatic hydroxyl groups is 1. The van der Waals surface area contributed by atoms with E-state index >= 15 is 0 Å². The molecule has 1 aromatic carbocycles. The summed E-state index contributed by atoms with van der Waals surface area (Å²) in [5, 5.41) is 10.5. The van der Waals surface area contributed by atoms with Crippen molar-refractivity contribution >= 4 is 17.4 Å². The number of pyridine rings is 1. The monoisotopic (exact) mass is 370 g/mol. The predicted octanol–water partition coefficient (Wildman–Crippen LogP) is 3.57. The van der Waals surface area contributed by atoms with Gasteiger partial charge < -0.3 is 10.0 Å². The van der Waals surface area contributed by atoms with Crippen LogP contribution in [-0.2, 0) is 0 Å². The highest BCUT2D eigenvalue weighted by Gasteiger charge is 2.23. The molecule has 0 bridgehead atoms. The number of nitrogens with zero attached hydrogens (tertiary/aromatic N) is 4. The Morgan fingerprint density at radius 2 is 1.88 bits per heavy atom. The van der Waals surface area contributed by atoms with Crippen molar-refractivity contribution in [3.05, 3.63) is 59.6 Å². The van der Waals surface area contributed by atoms with Gasteiger partial charge in [0.2, 0.25) is 5.95 Å². The normalized spacial score (nSPS) is 16.9. The number of halogens is 2. The molecule has 0 radical (unpaired) electrons. The van der Waals surface area contributed by atoms with E-state index < -0.39 is 5.95 Å². The molecule has 4 rings (SSSR count). The van der Waals surface area contributed by atoms with Crippen molar-refractivity contribution in [3.8, 4) is 22.6 Å². The van der Waals surface area contributed by atoms with Crippen molar-refractivity contribution in [1.82, 2.24) is 15.0 Å². The molecule has 3 heterocycles. The van der Waals surface area contributed by atoms with Crippen molar-refractivity contribution in [2.45, 2.75) is 12.5 Å². The number of anilines is 1. The molecule has 1 atom stereocenters. The lowest BCUT2D eigenvalue weighted by Gasteiger charge is -2.18. The highest BCUT2D eigenvalue weighted by molar-refractivity contribution is 6.30. The average molecular weight is 371 g/mol. The molecular weight excluding hydrogens is 355 g/mol. The fourth-order valence-corrected chi connectivity index (χ4v) is 3.11. The minimum atomic E-state index is -0.582. The molecule has 1 saturated heterocycles. The van der Waals surface area contributed by atoms with Gasteiger partial charge in [0.05, 0.1) is 11.8 Å². The summed E-state index contributed by atoms with van der Waals surface area (Å²) in [6, 6.07) is 12.2. The second-order valence-corrected chi connectivity index (χ2v) is 6.63. The van der Waals surface area contributed by atoms with Gasteiger partial charge in [0.1, 0.15) is 5.82 Å². The fourth-order valence-electron chi connectivity index (χ4n) is 2.99. The molecule has 0 aliphatic carbocycles.